The Labute approximate surface area is 133 Å². The van der Waals surface area contributed by atoms with Crippen molar-refractivity contribution in [2.24, 2.45) is 7.05 Å². The van der Waals surface area contributed by atoms with Crippen LogP contribution in [-0.4, -0.2) is 46.3 Å². The van der Waals surface area contributed by atoms with E-state index < -0.39 is 5.91 Å². The highest BCUT2D eigenvalue weighted by Crippen LogP contribution is 2.21. The number of methoxy groups -OCH3 is 1. The van der Waals surface area contributed by atoms with Crippen molar-refractivity contribution in [2.75, 3.05) is 18.6 Å². The Balaban J connectivity index is 1.67. The smallest absolute Gasteiger partial charge is 0.314 e. The molecule has 2 aromatic rings. The summed E-state index contributed by atoms with van der Waals surface area (Å²) in [5.41, 5.74) is 0.826. The van der Waals surface area contributed by atoms with Gasteiger partial charge in [0.15, 0.2) is 0 Å². The molecule has 1 fully saturated rings. The molecule has 0 aliphatic carbocycles. The lowest BCUT2D eigenvalue weighted by molar-refractivity contribution is -0.117. The van der Waals surface area contributed by atoms with Gasteiger partial charge >= 0.3 is 6.01 Å². The first-order valence-corrected chi connectivity index (χ1v) is 7.20. The quantitative estimate of drug-likeness (QED) is 0.880. The van der Waals surface area contributed by atoms with Gasteiger partial charge in [-0.3, -0.25) is 9.59 Å². The Morgan fingerprint density at radius 1 is 1.35 bits per heavy atom. The van der Waals surface area contributed by atoms with Crippen molar-refractivity contribution in [3.8, 4) is 6.01 Å². The molecular weight excluding hydrogens is 298 g/mol. The van der Waals surface area contributed by atoms with Crippen LogP contribution in [0.2, 0.25) is 0 Å². The van der Waals surface area contributed by atoms with Crippen LogP contribution in [0.3, 0.4) is 0 Å². The zero-order chi connectivity index (χ0) is 16.4. The van der Waals surface area contributed by atoms with Crippen molar-refractivity contribution >= 4 is 17.5 Å². The van der Waals surface area contributed by atoms with E-state index in [-0.39, 0.29) is 30.2 Å². The van der Waals surface area contributed by atoms with Crippen LogP contribution in [0.15, 0.2) is 30.3 Å². The zero-order valence-corrected chi connectivity index (χ0v) is 12.9. The molecule has 0 saturated carbocycles. The molecule has 23 heavy (non-hydrogen) atoms. The molecule has 8 nitrogen and oxygen atoms in total. The van der Waals surface area contributed by atoms with Crippen LogP contribution in [-0.2, 0) is 11.8 Å². The number of nitrogens with zero attached hydrogens (tertiary/aromatic N) is 4. The van der Waals surface area contributed by atoms with E-state index in [9.17, 15) is 9.59 Å². The first kappa shape index (κ1) is 15.0. The van der Waals surface area contributed by atoms with Gasteiger partial charge < -0.3 is 15.0 Å². The number of aryl methyl sites for hydroxylation is 1. The second-order valence-electron chi connectivity index (χ2n) is 5.26. The summed E-state index contributed by atoms with van der Waals surface area (Å²) in [4.78, 5) is 30.0. The van der Waals surface area contributed by atoms with Gasteiger partial charge in [0, 0.05) is 25.7 Å². The van der Waals surface area contributed by atoms with E-state index in [2.05, 4.69) is 15.4 Å². The second kappa shape index (κ2) is 6.07. The first-order valence-electron chi connectivity index (χ1n) is 7.20. The Hall–Kier alpha value is -2.90. The SMILES string of the molecule is COc1nc(C(=O)NC2CC(=O)N(c3ccccc3)C2)nn1C. The summed E-state index contributed by atoms with van der Waals surface area (Å²) in [5, 5.41) is 6.78. The number of rotatable bonds is 4. The van der Waals surface area contributed by atoms with Gasteiger partial charge in [0.1, 0.15) is 0 Å². The molecule has 0 bridgehead atoms. The Morgan fingerprint density at radius 3 is 2.74 bits per heavy atom. The van der Waals surface area contributed by atoms with Gasteiger partial charge in [0.25, 0.3) is 5.91 Å². The lowest BCUT2D eigenvalue weighted by Gasteiger charge is -2.16. The van der Waals surface area contributed by atoms with E-state index in [4.69, 9.17) is 4.74 Å². The van der Waals surface area contributed by atoms with E-state index >= 15 is 0 Å². The summed E-state index contributed by atoms with van der Waals surface area (Å²) in [7, 11) is 3.10. The minimum Gasteiger partial charge on any atom is -0.467 e. The van der Waals surface area contributed by atoms with Gasteiger partial charge in [0.05, 0.1) is 13.2 Å². The molecule has 8 heteroatoms. The molecular formula is C15H17N5O3. The molecule has 2 heterocycles. The number of aromatic nitrogens is 3. The molecule has 1 N–H and O–H groups in total. The summed E-state index contributed by atoms with van der Waals surface area (Å²) in [6.45, 7) is 0.429. The maximum absolute atomic E-state index is 12.2. The number of benzene rings is 1. The average Bonchev–Trinajstić information content (AvgIpc) is 3.11. The number of hydrogen-bond donors (Lipinski definition) is 1. The largest absolute Gasteiger partial charge is 0.467 e. The minimum atomic E-state index is -0.420. The molecule has 3 rings (SSSR count). The van der Waals surface area contributed by atoms with Crippen LogP contribution < -0.4 is 15.0 Å². The fourth-order valence-corrected chi connectivity index (χ4v) is 2.56. The predicted octanol–water partition coefficient (Wildman–Crippen LogP) is 0.359. The molecule has 1 atom stereocenters. The normalized spacial score (nSPS) is 17.4. The van der Waals surface area contributed by atoms with Crippen LogP contribution in [0.1, 0.15) is 17.0 Å². The Bertz CT molecular complexity index is 728. The number of ether oxygens (including phenoxy) is 1. The van der Waals surface area contributed by atoms with Crippen molar-refractivity contribution in [3.63, 3.8) is 0 Å². The van der Waals surface area contributed by atoms with Gasteiger partial charge in [-0.2, -0.15) is 4.98 Å². The summed E-state index contributed by atoms with van der Waals surface area (Å²) < 4.78 is 6.36. The highest BCUT2D eigenvalue weighted by Gasteiger charge is 2.32. The van der Waals surface area contributed by atoms with Crippen molar-refractivity contribution in [1.82, 2.24) is 20.1 Å². The molecule has 1 aromatic carbocycles. The number of nitrogens with one attached hydrogen (secondary N) is 1. The Kier molecular flexibility index (Phi) is 3.96. The standard InChI is InChI=1S/C15H17N5O3/c1-19-15(23-2)17-13(18-19)14(22)16-10-8-12(21)20(9-10)11-6-4-3-5-7-11/h3-7,10H,8-9H2,1-2H3,(H,16,22). The monoisotopic (exact) mass is 315 g/mol. The van der Waals surface area contributed by atoms with Gasteiger partial charge in [-0.1, -0.05) is 18.2 Å². The van der Waals surface area contributed by atoms with Gasteiger partial charge in [-0.25, -0.2) is 4.68 Å². The van der Waals surface area contributed by atoms with Gasteiger partial charge in [0.2, 0.25) is 11.7 Å². The third-order valence-corrected chi connectivity index (χ3v) is 3.64. The second-order valence-corrected chi connectivity index (χ2v) is 5.26. The van der Waals surface area contributed by atoms with E-state index in [0.29, 0.717) is 6.54 Å². The fraction of sp³-hybridized carbons (Fsp3) is 0.333. The lowest BCUT2D eigenvalue weighted by Crippen LogP contribution is -2.37. The summed E-state index contributed by atoms with van der Waals surface area (Å²) in [5.74, 6) is -0.417. The van der Waals surface area contributed by atoms with Crippen LogP contribution in [0.5, 0.6) is 6.01 Å². The van der Waals surface area contributed by atoms with Crippen molar-refractivity contribution < 1.29 is 14.3 Å². The third kappa shape index (κ3) is 3.01. The molecule has 1 aliphatic rings. The third-order valence-electron chi connectivity index (χ3n) is 3.64. The molecule has 1 unspecified atom stereocenters. The van der Waals surface area contributed by atoms with Gasteiger partial charge in [-0.05, 0) is 12.1 Å². The molecule has 2 amide bonds. The molecule has 1 saturated heterocycles. The van der Waals surface area contributed by atoms with Crippen molar-refractivity contribution in [3.05, 3.63) is 36.2 Å². The lowest BCUT2D eigenvalue weighted by atomic mass is 10.2. The molecule has 1 aromatic heterocycles. The number of carbonyl (C=O) groups is 2. The first-order chi connectivity index (χ1) is 11.1. The summed E-state index contributed by atoms with van der Waals surface area (Å²) in [6.07, 6.45) is 0.255. The molecule has 120 valence electrons. The van der Waals surface area contributed by atoms with Gasteiger partial charge in [-0.15, -0.1) is 5.10 Å². The van der Waals surface area contributed by atoms with E-state index in [1.165, 1.54) is 11.8 Å². The van der Waals surface area contributed by atoms with Crippen LogP contribution in [0.25, 0.3) is 0 Å². The Morgan fingerprint density at radius 2 is 2.09 bits per heavy atom. The number of hydrogen-bond acceptors (Lipinski definition) is 5. The van der Waals surface area contributed by atoms with Crippen LogP contribution in [0, 0.1) is 0 Å². The number of para-hydroxylation sites is 1. The highest BCUT2D eigenvalue weighted by molar-refractivity contribution is 5.97. The van der Waals surface area contributed by atoms with E-state index in [1.807, 2.05) is 30.3 Å². The number of carbonyl (C=O) groups excluding carboxylic acids is 2. The van der Waals surface area contributed by atoms with Crippen molar-refractivity contribution in [1.29, 1.82) is 0 Å². The number of amides is 2. The van der Waals surface area contributed by atoms with Crippen molar-refractivity contribution in [2.45, 2.75) is 12.5 Å². The highest BCUT2D eigenvalue weighted by atomic mass is 16.5. The van der Waals surface area contributed by atoms with E-state index in [1.54, 1.807) is 11.9 Å². The molecule has 0 spiro atoms. The molecule has 1 aliphatic heterocycles. The zero-order valence-electron chi connectivity index (χ0n) is 12.9. The predicted molar refractivity (Wildman–Crippen MR) is 82.2 cm³/mol. The van der Waals surface area contributed by atoms with Crippen LogP contribution >= 0.6 is 0 Å². The molecule has 0 radical (unpaired) electrons. The number of anilines is 1. The minimum absolute atomic E-state index is 0.0203. The average molecular weight is 315 g/mol. The topological polar surface area (TPSA) is 89.3 Å². The van der Waals surface area contributed by atoms with E-state index in [0.717, 1.165) is 5.69 Å². The maximum Gasteiger partial charge on any atom is 0.314 e. The van der Waals surface area contributed by atoms with Crippen LogP contribution in [0.4, 0.5) is 5.69 Å². The summed E-state index contributed by atoms with van der Waals surface area (Å²) in [6, 6.07) is 9.36. The fourth-order valence-electron chi connectivity index (χ4n) is 2.56. The maximum atomic E-state index is 12.2. The summed E-state index contributed by atoms with van der Waals surface area (Å²) >= 11 is 0.